The molecule has 24 heavy (non-hydrogen) atoms. The molecule has 7 nitrogen and oxygen atoms in total. The average molecular weight is 356 g/mol. The molecule has 0 amide bonds. The molecule has 136 valence electrons. The van der Waals surface area contributed by atoms with Crippen LogP contribution in [0.2, 0.25) is 0 Å². The zero-order valence-electron chi connectivity index (χ0n) is 14.6. The number of aromatic nitrogens is 2. The van der Waals surface area contributed by atoms with Crippen LogP contribution in [0.5, 0.6) is 0 Å². The Balaban J connectivity index is 1.61. The van der Waals surface area contributed by atoms with Crippen LogP contribution in [0.1, 0.15) is 37.4 Å². The van der Waals surface area contributed by atoms with E-state index in [9.17, 15) is 8.42 Å². The quantitative estimate of drug-likeness (QED) is 0.795. The van der Waals surface area contributed by atoms with Crippen LogP contribution in [-0.2, 0) is 22.0 Å². The molecule has 0 aromatic carbocycles. The SMILES string of the molecule is COCC1CCCN(S(=O)(=O)N2CCC(c3nccn3C)CC2)C1. The molecule has 1 atom stereocenters. The number of ether oxygens (including phenoxy) is 1. The van der Waals surface area contributed by atoms with Crippen molar-refractivity contribution in [2.24, 2.45) is 13.0 Å². The van der Waals surface area contributed by atoms with E-state index in [4.69, 9.17) is 4.74 Å². The summed E-state index contributed by atoms with van der Waals surface area (Å²) in [6.45, 7) is 2.99. The maximum atomic E-state index is 12.9. The van der Waals surface area contributed by atoms with E-state index in [0.717, 1.165) is 31.5 Å². The van der Waals surface area contributed by atoms with Crippen LogP contribution in [0.15, 0.2) is 12.4 Å². The molecule has 1 aromatic heterocycles. The Morgan fingerprint density at radius 1 is 1.21 bits per heavy atom. The molecule has 8 heteroatoms. The highest BCUT2D eigenvalue weighted by Crippen LogP contribution is 2.29. The lowest BCUT2D eigenvalue weighted by Crippen LogP contribution is -2.50. The van der Waals surface area contributed by atoms with Crippen LogP contribution in [0.25, 0.3) is 0 Å². The minimum atomic E-state index is -3.35. The van der Waals surface area contributed by atoms with Crippen LogP contribution in [0, 0.1) is 5.92 Å². The lowest BCUT2D eigenvalue weighted by Gasteiger charge is -2.38. The molecule has 1 unspecified atom stereocenters. The van der Waals surface area contributed by atoms with E-state index in [0.29, 0.717) is 44.6 Å². The fourth-order valence-electron chi connectivity index (χ4n) is 3.89. The summed E-state index contributed by atoms with van der Waals surface area (Å²) >= 11 is 0. The molecule has 2 aliphatic rings. The van der Waals surface area contributed by atoms with Crippen molar-refractivity contribution in [1.82, 2.24) is 18.2 Å². The summed E-state index contributed by atoms with van der Waals surface area (Å²) in [7, 11) is 0.317. The minimum absolute atomic E-state index is 0.309. The number of rotatable bonds is 5. The summed E-state index contributed by atoms with van der Waals surface area (Å²) in [5.41, 5.74) is 0. The van der Waals surface area contributed by atoms with Gasteiger partial charge in [0.05, 0.1) is 6.61 Å². The van der Waals surface area contributed by atoms with Gasteiger partial charge < -0.3 is 9.30 Å². The standard InChI is InChI=1S/C16H28N4O3S/c1-18-11-7-17-16(18)15-5-9-19(10-6-15)24(21,22)20-8-3-4-14(12-20)13-23-2/h7,11,14-15H,3-6,8-10,12-13H2,1-2H3. The van der Waals surface area contributed by atoms with Gasteiger partial charge in [-0.15, -0.1) is 0 Å². The van der Waals surface area contributed by atoms with E-state index >= 15 is 0 Å². The van der Waals surface area contributed by atoms with Crippen LogP contribution in [0.3, 0.4) is 0 Å². The Kier molecular flexibility index (Phi) is 5.59. The minimum Gasteiger partial charge on any atom is -0.384 e. The van der Waals surface area contributed by atoms with Crippen LogP contribution < -0.4 is 0 Å². The molecule has 0 N–H and O–H groups in total. The highest BCUT2D eigenvalue weighted by Gasteiger charge is 2.36. The molecule has 3 rings (SSSR count). The van der Waals surface area contributed by atoms with Crippen molar-refractivity contribution in [2.75, 3.05) is 39.9 Å². The van der Waals surface area contributed by atoms with Crippen molar-refractivity contribution in [3.8, 4) is 0 Å². The van der Waals surface area contributed by atoms with Gasteiger partial charge in [-0.05, 0) is 31.6 Å². The van der Waals surface area contributed by atoms with Gasteiger partial charge in [0.2, 0.25) is 0 Å². The van der Waals surface area contributed by atoms with E-state index in [-0.39, 0.29) is 0 Å². The maximum absolute atomic E-state index is 12.9. The predicted molar refractivity (Wildman–Crippen MR) is 91.8 cm³/mol. The molecule has 0 spiro atoms. The molecule has 1 aromatic rings. The van der Waals surface area contributed by atoms with E-state index in [1.54, 1.807) is 15.7 Å². The summed E-state index contributed by atoms with van der Waals surface area (Å²) in [6, 6.07) is 0. The van der Waals surface area contributed by atoms with Gasteiger partial charge in [0.15, 0.2) is 0 Å². The second-order valence-corrected chi connectivity index (χ2v) is 8.83. The fraction of sp³-hybridized carbons (Fsp3) is 0.812. The van der Waals surface area contributed by atoms with E-state index in [1.807, 2.05) is 24.0 Å². The smallest absolute Gasteiger partial charge is 0.281 e. The first kappa shape index (κ1) is 17.8. The Morgan fingerprint density at radius 3 is 2.58 bits per heavy atom. The molecule has 0 saturated carbocycles. The third-order valence-electron chi connectivity index (χ3n) is 5.21. The van der Waals surface area contributed by atoms with Crippen molar-refractivity contribution < 1.29 is 13.2 Å². The first-order valence-corrected chi connectivity index (χ1v) is 10.1. The first-order chi connectivity index (χ1) is 11.5. The van der Waals surface area contributed by atoms with E-state index in [1.165, 1.54) is 0 Å². The summed E-state index contributed by atoms with van der Waals surface area (Å²) in [5.74, 6) is 1.72. The molecule has 2 aliphatic heterocycles. The normalized spacial score (nSPS) is 25.2. The third kappa shape index (κ3) is 3.66. The maximum Gasteiger partial charge on any atom is 0.281 e. The Labute approximate surface area is 144 Å². The summed E-state index contributed by atoms with van der Waals surface area (Å²) < 4.78 is 36.4. The molecule has 0 radical (unpaired) electrons. The number of piperidine rings is 2. The fourth-order valence-corrected chi connectivity index (χ4v) is 5.64. The second-order valence-electron chi connectivity index (χ2n) is 6.90. The van der Waals surface area contributed by atoms with E-state index < -0.39 is 10.2 Å². The molecule has 2 fully saturated rings. The van der Waals surface area contributed by atoms with Crippen molar-refractivity contribution in [3.05, 3.63) is 18.2 Å². The van der Waals surface area contributed by atoms with Gasteiger partial charge in [-0.1, -0.05) is 0 Å². The molecular weight excluding hydrogens is 328 g/mol. The summed E-state index contributed by atoms with van der Waals surface area (Å²) in [4.78, 5) is 4.42. The number of hydrogen-bond acceptors (Lipinski definition) is 4. The van der Waals surface area contributed by atoms with Gasteiger partial charge in [-0.25, -0.2) is 4.98 Å². The lowest BCUT2D eigenvalue weighted by molar-refractivity contribution is 0.115. The Morgan fingerprint density at radius 2 is 1.96 bits per heavy atom. The molecule has 3 heterocycles. The van der Waals surface area contributed by atoms with Gasteiger partial charge in [0.25, 0.3) is 10.2 Å². The molecule has 2 saturated heterocycles. The third-order valence-corrected chi connectivity index (χ3v) is 7.22. The summed E-state index contributed by atoms with van der Waals surface area (Å²) in [6.07, 6.45) is 7.38. The average Bonchev–Trinajstić information content (AvgIpc) is 3.02. The highest BCUT2D eigenvalue weighted by atomic mass is 32.2. The number of aryl methyl sites for hydroxylation is 1. The zero-order chi connectivity index (χ0) is 17.2. The predicted octanol–water partition coefficient (Wildman–Crippen LogP) is 1.20. The number of hydrogen-bond donors (Lipinski definition) is 0. The largest absolute Gasteiger partial charge is 0.384 e. The second kappa shape index (κ2) is 7.51. The topological polar surface area (TPSA) is 67.7 Å². The van der Waals surface area contributed by atoms with Crippen LogP contribution in [0.4, 0.5) is 0 Å². The highest BCUT2D eigenvalue weighted by molar-refractivity contribution is 7.86. The van der Waals surface area contributed by atoms with Crippen LogP contribution in [-0.4, -0.2) is 66.5 Å². The molecule has 0 aliphatic carbocycles. The zero-order valence-corrected chi connectivity index (χ0v) is 15.4. The Bertz CT molecular complexity index is 636. The van der Waals surface area contributed by atoms with Gasteiger partial charge in [0.1, 0.15) is 5.82 Å². The van der Waals surface area contributed by atoms with E-state index in [2.05, 4.69) is 4.98 Å². The lowest BCUT2D eigenvalue weighted by atomic mass is 9.97. The number of imidazole rings is 1. The van der Waals surface area contributed by atoms with Crippen molar-refractivity contribution in [1.29, 1.82) is 0 Å². The van der Waals surface area contributed by atoms with Gasteiger partial charge in [-0.3, -0.25) is 0 Å². The molecular formula is C16H28N4O3S. The number of nitrogens with zero attached hydrogens (tertiary/aromatic N) is 4. The van der Waals surface area contributed by atoms with Gasteiger partial charge in [0, 0.05) is 58.6 Å². The first-order valence-electron chi connectivity index (χ1n) is 8.73. The van der Waals surface area contributed by atoms with Gasteiger partial charge >= 0.3 is 0 Å². The Hall–Kier alpha value is -0.960. The molecule has 0 bridgehead atoms. The monoisotopic (exact) mass is 356 g/mol. The summed E-state index contributed by atoms with van der Waals surface area (Å²) in [5, 5.41) is 0. The van der Waals surface area contributed by atoms with Crippen molar-refractivity contribution >= 4 is 10.2 Å². The van der Waals surface area contributed by atoms with Crippen molar-refractivity contribution in [3.63, 3.8) is 0 Å². The van der Waals surface area contributed by atoms with Crippen LogP contribution >= 0.6 is 0 Å². The van der Waals surface area contributed by atoms with Crippen molar-refractivity contribution in [2.45, 2.75) is 31.6 Å². The van der Waals surface area contributed by atoms with Gasteiger partial charge in [-0.2, -0.15) is 17.0 Å². The number of methoxy groups -OCH3 is 1.